The average molecular weight is 255 g/mol. The van der Waals surface area contributed by atoms with Crippen molar-refractivity contribution in [1.29, 1.82) is 0 Å². The number of aromatic amines is 1. The van der Waals surface area contributed by atoms with Crippen molar-refractivity contribution >= 4 is 5.65 Å². The molecule has 3 rings (SSSR count). The van der Waals surface area contributed by atoms with E-state index in [0.717, 1.165) is 11.3 Å². The van der Waals surface area contributed by atoms with E-state index in [2.05, 4.69) is 41.4 Å². The number of benzene rings is 1. The van der Waals surface area contributed by atoms with E-state index in [1.165, 1.54) is 5.56 Å². The normalized spacial score (nSPS) is 11.1. The van der Waals surface area contributed by atoms with Gasteiger partial charge in [0.25, 0.3) is 11.8 Å². The van der Waals surface area contributed by atoms with Crippen molar-refractivity contribution in [1.82, 2.24) is 14.9 Å². The molecule has 1 aromatic carbocycles. The number of nitrogens with one attached hydrogen (secondary N) is 1. The molecule has 96 valence electrons. The molecule has 3 aromatic rings. The van der Waals surface area contributed by atoms with Crippen LogP contribution < -0.4 is 9.94 Å². The number of fused-ring (bicyclic) bond motifs is 1. The Morgan fingerprint density at radius 2 is 2.00 bits per heavy atom. The molecule has 0 aliphatic carbocycles. The zero-order valence-corrected chi connectivity index (χ0v) is 10.9. The zero-order valence-electron chi connectivity index (χ0n) is 10.9. The maximum atomic E-state index is 12.0. The molecule has 0 aliphatic rings. The molecule has 0 saturated carbocycles. The highest BCUT2D eigenvalue weighted by molar-refractivity contribution is 5.30. The highest BCUT2D eigenvalue weighted by Crippen LogP contribution is 2.05. The number of nitrogens with zero attached hydrogens (tertiary/aromatic N) is 3. The summed E-state index contributed by atoms with van der Waals surface area (Å²) < 4.78 is 3.37. The maximum Gasteiger partial charge on any atom is 0.331 e. The van der Waals surface area contributed by atoms with Crippen LogP contribution in [0.25, 0.3) is 5.65 Å². The van der Waals surface area contributed by atoms with Gasteiger partial charge in [0.05, 0.1) is 0 Å². The molecule has 5 heteroatoms. The second-order valence-electron chi connectivity index (χ2n) is 4.77. The summed E-state index contributed by atoms with van der Waals surface area (Å²) >= 11 is 0. The van der Waals surface area contributed by atoms with Crippen LogP contribution in [0.4, 0.5) is 0 Å². The summed E-state index contributed by atoms with van der Waals surface area (Å²) in [5, 5.41) is 7.34. The van der Waals surface area contributed by atoms with Crippen LogP contribution in [0.15, 0.2) is 41.5 Å². The molecule has 0 fully saturated rings. The number of rotatable bonds is 2. The lowest BCUT2D eigenvalue weighted by atomic mass is 10.1. The first-order chi connectivity index (χ1) is 9.13. The third-order valence-electron chi connectivity index (χ3n) is 3.10. The minimum atomic E-state index is -0.0270. The Kier molecular flexibility index (Phi) is 2.67. The van der Waals surface area contributed by atoms with E-state index in [1.54, 1.807) is 21.6 Å². The van der Waals surface area contributed by atoms with Gasteiger partial charge >= 0.3 is 5.65 Å². The van der Waals surface area contributed by atoms with Crippen molar-refractivity contribution < 1.29 is 4.52 Å². The van der Waals surface area contributed by atoms with Gasteiger partial charge in [-0.15, -0.1) is 4.52 Å². The zero-order chi connectivity index (χ0) is 13.4. The quantitative estimate of drug-likeness (QED) is 0.694. The van der Waals surface area contributed by atoms with Gasteiger partial charge in [0.1, 0.15) is 6.54 Å². The smallest absolute Gasteiger partial charge is 0.282 e. The highest BCUT2D eigenvalue weighted by Gasteiger charge is 2.16. The first-order valence-electron chi connectivity index (χ1n) is 6.16. The summed E-state index contributed by atoms with van der Waals surface area (Å²) in [6, 6.07) is 9.81. The van der Waals surface area contributed by atoms with Crippen LogP contribution in [0.2, 0.25) is 0 Å². The molecule has 0 atom stereocenters. The Morgan fingerprint density at radius 1 is 1.26 bits per heavy atom. The van der Waals surface area contributed by atoms with E-state index >= 15 is 0 Å². The largest absolute Gasteiger partial charge is 0.331 e. The van der Waals surface area contributed by atoms with Gasteiger partial charge in [-0.2, -0.15) is 0 Å². The fourth-order valence-corrected chi connectivity index (χ4v) is 2.14. The SMILES string of the molecule is Cc1ccc(Cn2nc[n+]3[nH]c(C)cc(=O)c23)cc1. The van der Waals surface area contributed by atoms with Gasteiger partial charge in [0, 0.05) is 16.9 Å². The summed E-state index contributed by atoms with van der Waals surface area (Å²) in [5.41, 5.74) is 3.68. The minimum absolute atomic E-state index is 0.0270. The number of aryl methyl sites for hydroxylation is 2. The number of H-pyrrole nitrogens is 1. The second-order valence-corrected chi connectivity index (χ2v) is 4.77. The van der Waals surface area contributed by atoms with E-state index < -0.39 is 0 Å². The van der Waals surface area contributed by atoms with E-state index in [9.17, 15) is 4.79 Å². The summed E-state index contributed by atoms with van der Waals surface area (Å²) in [6.07, 6.45) is 1.62. The Bertz CT molecular complexity index is 783. The second kappa shape index (κ2) is 4.35. The third-order valence-corrected chi connectivity index (χ3v) is 3.10. The van der Waals surface area contributed by atoms with Crippen molar-refractivity contribution in [2.75, 3.05) is 0 Å². The van der Waals surface area contributed by atoms with Crippen LogP contribution in [0.5, 0.6) is 0 Å². The summed E-state index contributed by atoms with van der Waals surface area (Å²) in [5.74, 6) is 0. The Morgan fingerprint density at radius 3 is 2.74 bits per heavy atom. The van der Waals surface area contributed by atoms with Gasteiger partial charge in [-0.25, -0.2) is 5.10 Å². The van der Waals surface area contributed by atoms with Crippen molar-refractivity contribution in [2.45, 2.75) is 20.4 Å². The Hall–Kier alpha value is -2.43. The molecule has 0 amide bonds. The lowest BCUT2D eigenvalue weighted by Gasteiger charge is -1.98. The van der Waals surface area contributed by atoms with E-state index in [1.807, 2.05) is 6.92 Å². The predicted molar refractivity (Wildman–Crippen MR) is 71.0 cm³/mol. The lowest BCUT2D eigenvalue weighted by Crippen LogP contribution is -2.32. The number of aromatic nitrogens is 4. The minimum Gasteiger partial charge on any atom is -0.282 e. The molecule has 0 saturated heterocycles. The molecule has 19 heavy (non-hydrogen) atoms. The van der Waals surface area contributed by atoms with Gasteiger partial charge in [-0.05, 0) is 19.4 Å². The molecule has 1 N–H and O–H groups in total. The van der Waals surface area contributed by atoms with Crippen LogP contribution in [0.3, 0.4) is 0 Å². The molecule has 0 bridgehead atoms. The van der Waals surface area contributed by atoms with Crippen LogP contribution >= 0.6 is 0 Å². The predicted octanol–water partition coefficient (Wildman–Crippen LogP) is 0.975. The average Bonchev–Trinajstić information content (AvgIpc) is 2.75. The molecule has 0 unspecified atom stereocenters. The first kappa shape index (κ1) is 11.6. The summed E-state index contributed by atoms with van der Waals surface area (Å²) in [6.45, 7) is 4.49. The molecule has 0 spiro atoms. The van der Waals surface area contributed by atoms with Crippen molar-refractivity contribution in [3.63, 3.8) is 0 Å². The lowest BCUT2D eigenvalue weighted by molar-refractivity contribution is -0.582. The van der Waals surface area contributed by atoms with Crippen molar-refractivity contribution in [3.05, 3.63) is 63.7 Å². The highest BCUT2D eigenvalue weighted by atomic mass is 16.1. The molecule has 2 aromatic heterocycles. The fraction of sp³-hybridized carbons (Fsp3) is 0.214. The fourth-order valence-electron chi connectivity index (χ4n) is 2.14. The van der Waals surface area contributed by atoms with E-state index in [-0.39, 0.29) is 5.43 Å². The van der Waals surface area contributed by atoms with Gasteiger partial charge in [0.15, 0.2) is 0 Å². The molecule has 2 heterocycles. The van der Waals surface area contributed by atoms with Crippen LogP contribution in [-0.2, 0) is 6.54 Å². The summed E-state index contributed by atoms with van der Waals surface area (Å²) in [7, 11) is 0. The molecule has 0 aliphatic heterocycles. The van der Waals surface area contributed by atoms with Crippen molar-refractivity contribution in [2.24, 2.45) is 0 Å². The number of hydrogen-bond donors (Lipinski definition) is 1. The van der Waals surface area contributed by atoms with Gasteiger partial charge < -0.3 is 0 Å². The standard InChI is InChI=1S/C14H14N4O/c1-10-3-5-12(6-4-10)8-17-14-13(19)7-11(2)16-18(14)9-15-17/h3-7,9H,8H2,1-2H3/p+1. The maximum absolute atomic E-state index is 12.0. The Labute approximate surface area is 110 Å². The van der Waals surface area contributed by atoms with Crippen molar-refractivity contribution in [3.8, 4) is 0 Å². The molecular weight excluding hydrogens is 240 g/mol. The van der Waals surface area contributed by atoms with Crippen LogP contribution in [0.1, 0.15) is 16.8 Å². The summed E-state index contributed by atoms with van der Waals surface area (Å²) in [4.78, 5) is 12.0. The Balaban J connectivity index is 2.06. The van der Waals surface area contributed by atoms with Gasteiger partial charge in [-0.1, -0.05) is 34.5 Å². The molecular formula is C14H15N4O+. The first-order valence-corrected chi connectivity index (χ1v) is 6.16. The monoisotopic (exact) mass is 255 g/mol. The van der Waals surface area contributed by atoms with E-state index in [0.29, 0.717) is 12.2 Å². The van der Waals surface area contributed by atoms with Gasteiger partial charge in [-0.3, -0.25) is 4.79 Å². The molecule has 0 radical (unpaired) electrons. The van der Waals surface area contributed by atoms with Crippen LogP contribution in [0, 0.1) is 13.8 Å². The van der Waals surface area contributed by atoms with Gasteiger partial charge in [0.2, 0.25) is 0 Å². The van der Waals surface area contributed by atoms with Crippen LogP contribution in [-0.4, -0.2) is 14.9 Å². The number of hydrogen-bond acceptors (Lipinski definition) is 2. The van der Waals surface area contributed by atoms with E-state index in [4.69, 9.17) is 0 Å². The topological polar surface area (TPSA) is 54.8 Å². The molecule has 5 nitrogen and oxygen atoms in total. The third kappa shape index (κ3) is 2.14.